The first kappa shape index (κ1) is 20.2. The van der Waals surface area contributed by atoms with Crippen molar-refractivity contribution < 1.29 is 23.2 Å². The minimum absolute atomic E-state index is 0.0101. The van der Waals surface area contributed by atoms with Crippen LogP contribution in [0.3, 0.4) is 0 Å². The number of carbonyl (C=O) groups excluding carboxylic acids is 3. The second-order valence-electron chi connectivity index (χ2n) is 8.01. The normalized spacial score (nSPS) is 30.3. The van der Waals surface area contributed by atoms with Crippen LogP contribution in [0.2, 0.25) is 0 Å². The molecule has 3 rings (SSSR count). The Morgan fingerprint density at radius 2 is 2.00 bits per heavy atom. The van der Waals surface area contributed by atoms with E-state index in [4.69, 9.17) is 0 Å². The monoisotopic (exact) mass is 393 g/mol. The van der Waals surface area contributed by atoms with E-state index in [2.05, 4.69) is 24.5 Å². The predicted octanol–water partition coefficient (Wildman–Crippen LogP) is 2.67. The quantitative estimate of drug-likeness (QED) is 0.772. The number of hydrogen-bond acceptors (Lipinski definition) is 3. The summed E-state index contributed by atoms with van der Waals surface area (Å²) in [6.45, 7) is 5.05. The third-order valence-corrected chi connectivity index (χ3v) is 6.10. The van der Waals surface area contributed by atoms with Crippen molar-refractivity contribution in [3.05, 3.63) is 35.4 Å². The molecule has 28 heavy (non-hydrogen) atoms. The lowest BCUT2D eigenvalue weighted by atomic mass is 9.78. The molecule has 4 atom stereocenters. The summed E-state index contributed by atoms with van der Waals surface area (Å²) < 4.78 is 27.7. The first-order valence-electron chi connectivity index (χ1n) is 9.52. The van der Waals surface area contributed by atoms with Crippen LogP contribution < -0.4 is 10.6 Å². The zero-order valence-electron chi connectivity index (χ0n) is 16.2. The van der Waals surface area contributed by atoms with Crippen molar-refractivity contribution in [1.29, 1.82) is 0 Å². The molecule has 6 nitrogen and oxygen atoms in total. The van der Waals surface area contributed by atoms with Gasteiger partial charge in [-0.2, -0.15) is 0 Å². The maximum absolute atomic E-state index is 14.2. The van der Waals surface area contributed by atoms with Gasteiger partial charge in [-0.05, 0) is 43.4 Å². The van der Waals surface area contributed by atoms with Crippen LogP contribution >= 0.6 is 0 Å². The zero-order valence-corrected chi connectivity index (χ0v) is 16.2. The van der Waals surface area contributed by atoms with E-state index in [1.165, 1.54) is 6.92 Å². The second-order valence-corrected chi connectivity index (χ2v) is 8.01. The molecule has 0 unspecified atom stereocenters. The van der Waals surface area contributed by atoms with Crippen molar-refractivity contribution >= 4 is 17.8 Å². The number of nitrogens with one attached hydrogen (secondary N) is 2. The topological polar surface area (TPSA) is 78.5 Å². The molecule has 1 saturated carbocycles. The maximum atomic E-state index is 14.2. The van der Waals surface area contributed by atoms with Crippen molar-refractivity contribution in [3.63, 3.8) is 0 Å². The molecule has 1 aliphatic heterocycles. The van der Waals surface area contributed by atoms with Crippen LogP contribution in [0.4, 0.5) is 13.6 Å². The Kier molecular flexibility index (Phi) is 5.41. The molecule has 1 heterocycles. The Labute approximate surface area is 162 Å². The third kappa shape index (κ3) is 3.59. The number of carbonyl (C=O) groups is 3. The molecule has 1 aromatic rings. The molecule has 1 aromatic carbocycles. The lowest BCUT2D eigenvalue weighted by Crippen LogP contribution is -2.49. The molecule has 0 radical (unpaired) electrons. The predicted molar refractivity (Wildman–Crippen MR) is 98.1 cm³/mol. The van der Waals surface area contributed by atoms with Gasteiger partial charge in [0.25, 0.3) is 5.91 Å². The summed E-state index contributed by atoms with van der Waals surface area (Å²) >= 11 is 0. The van der Waals surface area contributed by atoms with E-state index in [9.17, 15) is 23.2 Å². The van der Waals surface area contributed by atoms with Crippen molar-refractivity contribution in [2.75, 3.05) is 6.54 Å². The van der Waals surface area contributed by atoms with Crippen LogP contribution in [0.1, 0.15) is 45.6 Å². The van der Waals surface area contributed by atoms with E-state index in [1.807, 2.05) is 0 Å². The van der Waals surface area contributed by atoms with Crippen molar-refractivity contribution in [3.8, 4) is 0 Å². The fourth-order valence-corrected chi connectivity index (χ4v) is 4.09. The number of rotatable bonds is 4. The van der Waals surface area contributed by atoms with E-state index in [-0.39, 0.29) is 11.6 Å². The van der Waals surface area contributed by atoms with Crippen LogP contribution in [0.15, 0.2) is 18.2 Å². The average molecular weight is 393 g/mol. The summed E-state index contributed by atoms with van der Waals surface area (Å²) in [6.07, 6.45) is 2.97. The van der Waals surface area contributed by atoms with Crippen LogP contribution in [0.5, 0.6) is 0 Å². The van der Waals surface area contributed by atoms with E-state index in [1.54, 1.807) is 0 Å². The highest BCUT2D eigenvalue weighted by molar-refractivity contribution is 6.09. The number of urea groups is 1. The van der Waals surface area contributed by atoms with Gasteiger partial charge in [-0.25, -0.2) is 13.6 Å². The van der Waals surface area contributed by atoms with Crippen LogP contribution in [0.25, 0.3) is 0 Å². The largest absolute Gasteiger partial charge is 0.352 e. The summed E-state index contributed by atoms with van der Waals surface area (Å²) in [7, 11) is 0. The maximum Gasteiger partial charge on any atom is 0.325 e. The molecule has 2 N–H and O–H groups in total. The lowest BCUT2D eigenvalue weighted by molar-refractivity contribution is -0.135. The van der Waals surface area contributed by atoms with Gasteiger partial charge in [0, 0.05) is 11.6 Å². The van der Waals surface area contributed by atoms with Crippen LogP contribution in [-0.4, -0.2) is 35.3 Å². The molecule has 0 spiro atoms. The number of benzene rings is 1. The summed E-state index contributed by atoms with van der Waals surface area (Å²) in [6, 6.07) is 1.89. The standard InChI is InChI=1S/C20H25F2N3O3/c1-11-5-4-6-16(12(11)2)23-17(26)10-25-18(27)20(3,24-19(25)28)14-9-13(21)7-8-15(14)22/h7-9,11-12,16H,4-6,10H2,1-3H3,(H,23,26)(H,24,28)/t11-,12+,16+,20+/m0/s1. The molecule has 2 aliphatic rings. The number of nitrogens with zero attached hydrogens (tertiary/aromatic N) is 1. The molecule has 152 valence electrons. The van der Waals surface area contributed by atoms with Crippen LogP contribution in [0, 0.1) is 23.5 Å². The highest BCUT2D eigenvalue weighted by Crippen LogP contribution is 2.32. The van der Waals surface area contributed by atoms with E-state index >= 15 is 0 Å². The van der Waals surface area contributed by atoms with Gasteiger partial charge in [0.1, 0.15) is 23.7 Å². The van der Waals surface area contributed by atoms with Gasteiger partial charge in [0.15, 0.2) is 0 Å². The van der Waals surface area contributed by atoms with E-state index < -0.39 is 41.6 Å². The van der Waals surface area contributed by atoms with Crippen molar-refractivity contribution in [1.82, 2.24) is 15.5 Å². The fraction of sp³-hybridized carbons (Fsp3) is 0.550. The number of imide groups is 1. The van der Waals surface area contributed by atoms with E-state index in [0.29, 0.717) is 11.8 Å². The minimum Gasteiger partial charge on any atom is -0.352 e. The molecule has 1 saturated heterocycles. The molecule has 2 fully saturated rings. The van der Waals surface area contributed by atoms with Crippen molar-refractivity contribution in [2.45, 2.75) is 51.6 Å². The summed E-state index contributed by atoms with van der Waals surface area (Å²) in [5, 5.41) is 5.30. The van der Waals surface area contributed by atoms with Crippen LogP contribution in [-0.2, 0) is 15.1 Å². The first-order chi connectivity index (χ1) is 13.1. The third-order valence-electron chi connectivity index (χ3n) is 6.10. The molecule has 1 aliphatic carbocycles. The Morgan fingerprint density at radius 3 is 2.71 bits per heavy atom. The smallest absolute Gasteiger partial charge is 0.325 e. The van der Waals surface area contributed by atoms with E-state index in [0.717, 1.165) is 42.4 Å². The SMILES string of the molecule is C[C@@H]1[C@@H](C)CCC[C@H]1NC(=O)CN1C(=O)N[C@](C)(c2cc(F)ccc2F)C1=O. The second kappa shape index (κ2) is 7.48. The Balaban J connectivity index is 1.73. The molecular formula is C20H25F2N3O3. The highest BCUT2D eigenvalue weighted by atomic mass is 19.1. The van der Waals surface area contributed by atoms with Gasteiger partial charge < -0.3 is 10.6 Å². The van der Waals surface area contributed by atoms with Gasteiger partial charge in [-0.1, -0.05) is 26.7 Å². The molecule has 0 bridgehead atoms. The number of halogens is 2. The number of hydrogen-bond donors (Lipinski definition) is 2. The fourth-order valence-electron chi connectivity index (χ4n) is 4.09. The first-order valence-corrected chi connectivity index (χ1v) is 9.52. The van der Waals surface area contributed by atoms with Gasteiger partial charge in [-0.15, -0.1) is 0 Å². The Morgan fingerprint density at radius 1 is 1.29 bits per heavy atom. The minimum atomic E-state index is -1.77. The molecule has 4 amide bonds. The summed E-state index contributed by atoms with van der Waals surface area (Å²) in [5.74, 6) is -1.99. The van der Waals surface area contributed by atoms with Crippen molar-refractivity contribution in [2.24, 2.45) is 11.8 Å². The Hall–Kier alpha value is -2.51. The number of amides is 4. The zero-order chi connectivity index (χ0) is 20.6. The van der Waals surface area contributed by atoms with Gasteiger partial charge in [-0.3, -0.25) is 14.5 Å². The lowest BCUT2D eigenvalue weighted by Gasteiger charge is -2.34. The molecule has 8 heteroatoms. The average Bonchev–Trinajstić information content (AvgIpc) is 2.85. The van der Waals surface area contributed by atoms with Gasteiger partial charge in [0.2, 0.25) is 5.91 Å². The molecular weight excluding hydrogens is 368 g/mol. The highest BCUT2D eigenvalue weighted by Gasteiger charge is 2.51. The summed E-state index contributed by atoms with van der Waals surface area (Å²) in [5.41, 5.74) is -2.04. The summed E-state index contributed by atoms with van der Waals surface area (Å²) in [4.78, 5) is 38.3. The van der Waals surface area contributed by atoms with Gasteiger partial charge >= 0.3 is 6.03 Å². The molecule has 0 aromatic heterocycles. The van der Waals surface area contributed by atoms with Gasteiger partial charge in [0.05, 0.1) is 0 Å². The Bertz CT molecular complexity index is 816.